The molecule has 2 aliphatic heterocycles. The SMILES string of the molecule is O=C(O)C(c1ccc(Cl)c(Cl)c1)N1CC(CN2CCC(c3ccc(F)cc3)CC2)C(c2ccsc2)C1. The maximum atomic E-state index is 13.3. The van der Waals surface area contributed by atoms with Crippen LogP contribution in [-0.4, -0.2) is 53.6 Å². The van der Waals surface area contributed by atoms with Gasteiger partial charge in [-0.25, -0.2) is 4.39 Å². The van der Waals surface area contributed by atoms with Crippen LogP contribution in [0.25, 0.3) is 0 Å². The predicted octanol–water partition coefficient (Wildman–Crippen LogP) is 6.91. The van der Waals surface area contributed by atoms with Crippen molar-refractivity contribution in [2.24, 2.45) is 5.92 Å². The van der Waals surface area contributed by atoms with Crippen molar-refractivity contribution in [1.82, 2.24) is 9.80 Å². The Morgan fingerprint density at radius 2 is 1.78 bits per heavy atom. The summed E-state index contributed by atoms with van der Waals surface area (Å²) >= 11 is 14.0. The minimum Gasteiger partial charge on any atom is -0.480 e. The molecule has 0 saturated carbocycles. The van der Waals surface area contributed by atoms with Crippen LogP contribution in [0.15, 0.2) is 59.3 Å². The van der Waals surface area contributed by atoms with E-state index in [4.69, 9.17) is 23.2 Å². The molecule has 2 saturated heterocycles. The molecule has 36 heavy (non-hydrogen) atoms. The van der Waals surface area contributed by atoms with E-state index in [1.807, 2.05) is 12.1 Å². The van der Waals surface area contributed by atoms with Crippen LogP contribution in [-0.2, 0) is 4.79 Å². The summed E-state index contributed by atoms with van der Waals surface area (Å²) in [5.41, 5.74) is 3.15. The van der Waals surface area contributed by atoms with E-state index in [0.29, 0.717) is 40.5 Å². The molecule has 0 aliphatic carbocycles. The molecule has 0 bridgehead atoms. The van der Waals surface area contributed by atoms with Crippen LogP contribution in [0.5, 0.6) is 0 Å². The Labute approximate surface area is 225 Å². The number of carboxylic acid groups (broad SMARTS) is 1. The molecule has 3 unspecified atom stereocenters. The van der Waals surface area contributed by atoms with Gasteiger partial charge in [0, 0.05) is 25.6 Å². The number of aliphatic carboxylic acids is 1. The number of benzene rings is 2. The second-order valence-electron chi connectivity index (χ2n) is 9.92. The number of nitrogens with zero attached hydrogens (tertiary/aromatic N) is 2. The van der Waals surface area contributed by atoms with E-state index in [1.54, 1.807) is 41.7 Å². The summed E-state index contributed by atoms with van der Waals surface area (Å²) in [4.78, 5) is 17.0. The molecule has 2 aliphatic rings. The fourth-order valence-corrected chi connectivity index (χ4v) is 6.90. The molecule has 4 nitrogen and oxygen atoms in total. The van der Waals surface area contributed by atoms with Gasteiger partial charge in [-0.2, -0.15) is 11.3 Å². The zero-order chi connectivity index (χ0) is 25.2. The summed E-state index contributed by atoms with van der Waals surface area (Å²) in [6.07, 6.45) is 2.10. The van der Waals surface area contributed by atoms with Gasteiger partial charge in [-0.05, 0) is 95.5 Å². The summed E-state index contributed by atoms with van der Waals surface area (Å²) in [7, 11) is 0. The van der Waals surface area contributed by atoms with E-state index >= 15 is 0 Å². The van der Waals surface area contributed by atoms with Crippen molar-refractivity contribution < 1.29 is 14.3 Å². The van der Waals surface area contributed by atoms with E-state index in [1.165, 1.54) is 11.1 Å². The Kier molecular flexibility index (Phi) is 7.99. The Bertz CT molecular complexity index is 1180. The average molecular weight is 548 g/mol. The van der Waals surface area contributed by atoms with Crippen molar-refractivity contribution in [2.45, 2.75) is 30.7 Å². The lowest BCUT2D eigenvalue weighted by atomic mass is 9.87. The zero-order valence-electron chi connectivity index (χ0n) is 19.8. The first-order chi connectivity index (χ1) is 17.4. The molecule has 3 heterocycles. The lowest BCUT2D eigenvalue weighted by Crippen LogP contribution is -2.38. The van der Waals surface area contributed by atoms with Crippen molar-refractivity contribution in [3.63, 3.8) is 0 Å². The highest BCUT2D eigenvalue weighted by Gasteiger charge is 2.41. The van der Waals surface area contributed by atoms with Gasteiger partial charge in [0.2, 0.25) is 0 Å². The zero-order valence-corrected chi connectivity index (χ0v) is 22.2. The van der Waals surface area contributed by atoms with E-state index < -0.39 is 12.0 Å². The number of carbonyl (C=O) groups is 1. The predicted molar refractivity (Wildman–Crippen MR) is 144 cm³/mol. The first-order valence-electron chi connectivity index (χ1n) is 12.3. The molecule has 0 radical (unpaired) electrons. The van der Waals surface area contributed by atoms with Gasteiger partial charge in [-0.1, -0.05) is 41.4 Å². The van der Waals surface area contributed by atoms with E-state index in [2.05, 4.69) is 26.6 Å². The lowest BCUT2D eigenvalue weighted by Gasteiger charge is -2.35. The van der Waals surface area contributed by atoms with Crippen molar-refractivity contribution >= 4 is 40.5 Å². The molecule has 1 N–H and O–H groups in total. The van der Waals surface area contributed by atoms with Gasteiger partial charge in [0.1, 0.15) is 11.9 Å². The quantitative estimate of drug-likeness (QED) is 0.349. The third-order valence-electron chi connectivity index (χ3n) is 7.72. The minimum atomic E-state index is -0.877. The second-order valence-corrected chi connectivity index (χ2v) is 11.5. The normalized spacial score (nSPS) is 22.6. The summed E-state index contributed by atoms with van der Waals surface area (Å²) in [6.45, 7) is 4.30. The van der Waals surface area contributed by atoms with Gasteiger partial charge < -0.3 is 10.0 Å². The second kappa shape index (κ2) is 11.2. The summed E-state index contributed by atoms with van der Waals surface area (Å²) in [6, 6.07) is 13.4. The maximum absolute atomic E-state index is 13.3. The van der Waals surface area contributed by atoms with Gasteiger partial charge in [0.15, 0.2) is 0 Å². The third kappa shape index (κ3) is 5.63. The first kappa shape index (κ1) is 25.7. The fourth-order valence-electron chi connectivity index (χ4n) is 5.87. The highest BCUT2D eigenvalue weighted by atomic mass is 35.5. The Morgan fingerprint density at radius 1 is 1.03 bits per heavy atom. The van der Waals surface area contributed by atoms with Crippen LogP contribution < -0.4 is 0 Å². The van der Waals surface area contributed by atoms with E-state index in [9.17, 15) is 14.3 Å². The number of carboxylic acids is 1. The summed E-state index contributed by atoms with van der Waals surface area (Å²) in [5.74, 6) is -0.0110. The molecule has 3 aromatic rings. The van der Waals surface area contributed by atoms with Gasteiger partial charge in [-0.15, -0.1) is 0 Å². The lowest BCUT2D eigenvalue weighted by molar-refractivity contribution is -0.143. The van der Waals surface area contributed by atoms with Crippen LogP contribution in [0.3, 0.4) is 0 Å². The maximum Gasteiger partial charge on any atom is 0.325 e. The number of thiophene rings is 1. The number of rotatable bonds is 7. The number of hydrogen-bond donors (Lipinski definition) is 1. The summed E-state index contributed by atoms with van der Waals surface area (Å²) < 4.78 is 13.3. The smallest absolute Gasteiger partial charge is 0.325 e. The molecule has 2 aromatic carbocycles. The van der Waals surface area contributed by atoms with Crippen molar-refractivity contribution in [3.05, 3.63) is 91.8 Å². The van der Waals surface area contributed by atoms with Gasteiger partial charge >= 0.3 is 5.97 Å². The van der Waals surface area contributed by atoms with Crippen molar-refractivity contribution in [1.29, 1.82) is 0 Å². The van der Waals surface area contributed by atoms with Crippen LogP contribution in [0.1, 0.15) is 47.4 Å². The molecule has 8 heteroatoms. The van der Waals surface area contributed by atoms with Crippen LogP contribution in [0, 0.1) is 11.7 Å². The summed E-state index contributed by atoms with van der Waals surface area (Å²) in [5, 5.41) is 15.3. The molecule has 0 amide bonds. The van der Waals surface area contributed by atoms with Gasteiger partial charge in [0.25, 0.3) is 0 Å². The van der Waals surface area contributed by atoms with Crippen molar-refractivity contribution in [3.8, 4) is 0 Å². The van der Waals surface area contributed by atoms with Crippen LogP contribution >= 0.6 is 34.5 Å². The molecular weight excluding hydrogens is 518 g/mol. The molecule has 5 rings (SSSR count). The monoisotopic (exact) mass is 546 g/mol. The highest BCUT2D eigenvalue weighted by molar-refractivity contribution is 7.08. The standard InChI is InChI=1S/C28H29Cl2FN2O2S/c29-25-6-3-20(13-26(25)30)27(28(34)35)33-15-22(24(16-33)21-9-12-36-17-21)14-32-10-7-19(8-11-32)18-1-4-23(31)5-2-18/h1-6,9,12-13,17,19,22,24,27H,7-8,10-11,14-16H2,(H,34,35). The molecular formula is C28H29Cl2FN2O2S. The number of likely N-dealkylation sites (tertiary alicyclic amines) is 2. The third-order valence-corrected chi connectivity index (χ3v) is 9.16. The Balaban J connectivity index is 1.30. The van der Waals surface area contributed by atoms with E-state index in [-0.39, 0.29) is 11.7 Å². The molecule has 2 fully saturated rings. The minimum absolute atomic E-state index is 0.193. The number of piperidine rings is 1. The molecule has 190 valence electrons. The number of hydrogen-bond acceptors (Lipinski definition) is 4. The number of halogens is 3. The first-order valence-corrected chi connectivity index (χ1v) is 14.0. The van der Waals surface area contributed by atoms with Gasteiger partial charge in [-0.3, -0.25) is 9.69 Å². The van der Waals surface area contributed by atoms with E-state index in [0.717, 1.165) is 32.5 Å². The topological polar surface area (TPSA) is 43.8 Å². The van der Waals surface area contributed by atoms with Crippen molar-refractivity contribution in [2.75, 3.05) is 32.7 Å². The average Bonchev–Trinajstić information content (AvgIpc) is 3.53. The largest absolute Gasteiger partial charge is 0.480 e. The van der Waals surface area contributed by atoms with Crippen LogP contribution in [0.4, 0.5) is 4.39 Å². The van der Waals surface area contributed by atoms with Crippen LogP contribution in [0.2, 0.25) is 10.0 Å². The Hall–Kier alpha value is -1.96. The Morgan fingerprint density at radius 3 is 2.42 bits per heavy atom. The molecule has 3 atom stereocenters. The fraction of sp³-hybridized carbons (Fsp3) is 0.393. The van der Waals surface area contributed by atoms with Gasteiger partial charge in [0.05, 0.1) is 10.0 Å². The molecule has 0 spiro atoms. The highest BCUT2D eigenvalue weighted by Crippen LogP contribution is 2.40. The molecule has 1 aromatic heterocycles.